The maximum absolute atomic E-state index is 13.6. The average molecular weight is 240 g/mol. The summed E-state index contributed by atoms with van der Waals surface area (Å²) < 4.78 is 52.0. The summed E-state index contributed by atoms with van der Waals surface area (Å²) in [5.74, 6) is -6.19. The summed E-state index contributed by atoms with van der Waals surface area (Å²) in [4.78, 5) is 34.5. The maximum Gasteiger partial charge on any atom is 0.389 e. The van der Waals surface area contributed by atoms with Gasteiger partial charge in [-0.15, -0.1) is 0 Å². The first-order valence-electron chi connectivity index (χ1n) is 3.60. The number of alkyl halides is 1. The number of nitrogens with zero attached hydrogens (tertiary/aromatic N) is 4. The van der Waals surface area contributed by atoms with Gasteiger partial charge in [-0.1, -0.05) is 28.8 Å². The zero-order valence-corrected chi connectivity index (χ0v) is 7.03. The van der Waals surface area contributed by atoms with E-state index < -0.39 is 45.0 Å². The Kier molecular flexibility index (Phi) is 1.73. The molecule has 0 aromatic heterocycles. The van der Waals surface area contributed by atoms with Crippen molar-refractivity contribution in [1.29, 1.82) is 0 Å². The fourth-order valence-electron chi connectivity index (χ4n) is 1.17. The van der Waals surface area contributed by atoms with E-state index in [-0.39, 0.29) is 0 Å². The predicted molar refractivity (Wildman–Crippen MR) is 35.9 cm³/mol. The van der Waals surface area contributed by atoms with Gasteiger partial charge in [0.1, 0.15) is 0 Å². The zero-order chi connectivity index (χ0) is 12.2. The van der Waals surface area contributed by atoms with Gasteiger partial charge in [0.25, 0.3) is 0 Å². The van der Waals surface area contributed by atoms with Gasteiger partial charge in [-0.25, -0.2) is 9.59 Å². The molecule has 0 saturated carbocycles. The Morgan fingerprint density at radius 1 is 1.06 bits per heavy atom. The molecule has 1 unspecified atom stereocenters. The Bertz CT molecular complexity index is 453. The molecule has 0 radical (unpaired) electrons. The van der Waals surface area contributed by atoms with E-state index in [0.29, 0.717) is 0 Å². The minimum atomic E-state index is -4.15. The largest absolute Gasteiger partial charge is 0.389 e. The summed E-state index contributed by atoms with van der Waals surface area (Å²) in [5.41, 5.74) is -1.70. The third kappa shape index (κ3) is 0.869. The summed E-state index contributed by atoms with van der Waals surface area (Å²) in [6.07, 6.45) is 0. The molecule has 16 heavy (non-hydrogen) atoms. The van der Waals surface area contributed by atoms with Gasteiger partial charge in [-0.3, -0.25) is 4.79 Å². The van der Waals surface area contributed by atoms with Gasteiger partial charge < -0.3 is 0 Å². The SMILES string of the molecule is O=C1C2=NC(=O)N(F)C2(F)N(F)C(=O)N1F. The van der Waals surface area contributed by atoms with Crippen LogP contribution in [0.3, 0.4) is 0 Å². The van der Waals surface area contributed by atoms with Crippen LogP contribution >= 0.6 is 0 Å². The fourth-order valence-corrected chi connectivity index (χ4v) is 1.17. The second-order valence-electron chi connectivity index (χ2n) is 2.76. The lowest BCUT2D eigenvalue weighted by molar-refractivity contribution is -0.215. The molecule has 0 spiro atoms. The lowest BCUT2D eigenvalue weighted by Gasteiger charge is -2.33. The van der Waals surface area contributed by atoms with Crippen molar-refractivity contribution in [2.75, 3.05) is 0 Å². The van der Waals surface area contributed by atoms with Gasteiger partial charge in [-0.2, -0.15) is 9.38 Å². The van der Waals surface area contributed by atoms with Crippen molar-refractivity contribution in [3.8, 4) is 0 Å². The van der Waals surface area contributed by atoms with Crippen molar-refractivity contribution in [2.45, 2.75) is 5.92 Å². The second kappa shape index (κ2) is 2.68. The monoisotopic (exact) mass is 240 g/mol. The van der Waals surface area contributed by atoms with E-state index in [4.69, 9.17) is 0 Å². The summed E-state index contributed by atoms with van der Waals surface area (Å²) in [6.45, 7) is 0. The number of imide groups is 1. The lowest BCUT2D eigenvalue weighted by Crippen LogP contribution is -2.66. The van der Waals surface area contributed by atoms with Gasteiger partial charge >= 0.3 is 23.9 Å². The molecule has 7 nitrogen and oxygen atoms in total. The number of carbonyl (C=O) groups is 3. The highest BCUT2D eigenvalue weighted by Crippen LogP contribution is 2.36. The molecule has 86 valence electrons. The fraction of sp³-hybridized carbons (Fsp3) is 0.200. The van der Waals surface area contributed by atoms with Crippen molar-refractivity contribution >= 4 is 23.7 Å². The number of carbonyl (C=O) groups excluding carboxylic acids is 3. The summed E-state index contributed by atoms with van der Waals surface area (Å²) in [6, 6.07) is -4.36. The molecule has 0 bridgehead atoms. The van der Waals surface area contributed by atoms with Crippen LogP contribution in [-0.2, 0) is 4.79 Å². The zero-order valence-electron chi connectivity index (χ0n) is 7.03. The van der Waals surface area contributed by atoms with Gasteiger partial charge in [0.2, 0.25) is 0 Å². The molecule has 1 saturated heterocycles. The Labute approximate surface area is 83.3 Å². The molecular weight excluding hydrogens is 240 g/mol. The number of hydrogen-bond donors (Lipinski definition) is 0. The van der Waals surface area contributed by atoms with Crippen molar-refractivity contribution < 1.29 is 32.2 Å². The third-order valence-electron chi connectivity index (χ3n) is 1.91. The van der Waals surface area contributed by atoms with E-state index in [1.54, 1.807) is 0 Å². The number of aliphatic imine (C=N–C) groups is 1. The quantitative estimate of drug-likeness (QED) is 0.349. The van der Waals surface area contributed by atoms with Crippen LogP contribution in [0.25, 0.3) is 0 Å². The first-order valence-corrected chi connectivity index (χ1v) is 3.60. The van der Waals surface area contributed by atoms with E-state index in [1.807, 2.05) is 0 Å². The van der Waals surface area contributed by atoms with Crippen molar-refractivity contribution in [1.82, 2.24) is 15.4 Å². The Hall–Kier alpha value is -2.20. The highest BCUT2D eigenvalue weighted by Gasteiger charge is 2.67. The standard InChI is InChI=1S/C5F4N4O3/c6-5-1(10-3(15)12(5)8)2(14)11(7)4(16)13(5)9. The molecule has 5 amide bonds. The molecule has 0 aromatic carbocycles. The molecule has 11 heteroatoms. The number of fused-ring (bicyclic) bond motifs is 1. The van der Waals surface area contributed by atoms with Crippen molar-refractivity contribution in [3.63, 3.8) is 0 Å². The molecule has 0 N–H and O–H groups in total. The minimum absolute atomic E-state index is 1.33. The normalized spacial score (nSPS) is 29.9. The topological polar surface area (TPSA) is 73.3 Å². The molecule has 2 aliphatic rings. The molecule has 0 aliphatic carbocycles. The van der Waals surface area contributed by atoms with E-state index in [0.717, 1.165) is 0 Å². The number of amides is 5. The average Bonchev–Trinajstić information content (AvgIpc) is 2.49. The minimum Gasteiger partial charge on any atom is -0.264 e. The van der Waals surface area contributed by atoms with E-state index in [2.05, 4.69) is 4.99 Å². The molecule has 0 aromatic rings. The highest BCUT2D eigenvalue weighted by molar-refractivity contribution is 6.47. The second-order valence-corrected chi connectivity index (χ2v) is 2.76. The first kappa shape index (κ1) is 10.3. The van der Waals surface area contributed by atoms with Gasteiger partial charge in [0.15, 0.2) is 5.71 Å². The predicted octanol–water partition coefficient (Wildman–Crippen LogP) is 0.404. The Morgan fingerprint density at radius 2 is 1.62 bits per heavy atom. The summed E-state index contributed by atoms with van der Waals surface area (Å²) >= 11 is 0. The Morgan fingerprint density at radius 3 is 2.19 bits per heavy atom. The van der Waals surface area contributed by atoms with Crippen LogP contribution in [0.15, 0.2) is 4.99 Å². The van der Waals surface area contributed by atoms with Gasteiger partial charge in [-0.05, 0) is 0 Å². The van der Waals surface area contributed by atoms with Crippen LogP contribution in [0.2, 0.25) is 0 Å². The maximum atomic E-state index is 13.6. The van der Waals surface area contributed by atoms with Crippen molar-refractivity contribution in [3.05, 3.63) is 0 Å². The molecule has 2 aliphatic heterocycles. The summed E-state index contributed by atoms with van der Waals surface area (Å²) in [7, 11) is 0. The van der Waals surface area contributed by atoms with E-state index in [1.165, 1.54) is 0 Å². The van der Waals surface area contributed by atoms with Crippen LogP contribution in [-0.4, -0.2) is 45.0 Å². The number of hydrogen-bond acceptors (Lipinski definition) is 3. The highest BCUT2D eigenvalue weighted by atomic mass is 19.2. The van der Waals surface area contributed by atoms with Crippen LogP contribution in [0.1, 0.15) is 0 Å². The van der Waals surface area contributed by atoms with Gasteiger partial charge in [0.05, 0.1) is 0 Å². The van der Waals surface area contributed by atoms with Crippen LogP contribution < -0.4 is 0 Å². The van der Waals surface area contributed by atoms with Gasteiger partial charge in [0, 0.05) is 0 Å². The van der Waals surface area contributed by atoms with Crippen molar-refractivity contribution in [2.24, 2.45) is 4.99 Å². The van der Waals surface area contributed by atoms with Crippen LogP contribution in [0.5, 0.6) is 0 Å². The number of urea groups is 2. The van der Waals surface area contributed by atoms with Crippen LogP contribution in [0.4, 0.5) is 27.4 Å². The third-order valence-corrected chi connectivity index (χ3v) is 1.91. The molecular formula is C5F4N4O3. The lowest BCUT2D eigenvalue weighted by atomic mass is 10.2. The summed E-state index contributed by atoms with van der Waals surface area (Å²) in [5, 5.41) is -4.34. The molecule has 1 fully saturated rings. The Balaban J connectivity index is 2.60. The van der Waals surface area contributed by atoms with Crippen LogP contribution in [0, 0.1) is 0 Å². The number of rotatable bonds is 0. The van der Waals surface area contributed by atoms with E-state index in [9.17, 15) is 32.2 Å². The molecule has 2 heterocycles. The first-order chi connectivity index (χ1) is 7.31. The molecule has 1 atom stereocenters. The van der Waals surface area contributed by atoms with E-state index >= 15 is 0 Å². The smallest absolute Gasteiger partial charge is 0.264 e. The molecule has 2 rings (SSSR count). The number of halogens is 4.